The molecule has 0 bridgehead atoms. The van der Waals surface area contributed by atoms with Gasteiger partial charge in [-0.15, -0.1) is 0 Å². The molecule has 0 aliphatic rings. The second-order valence-electron chi connectivity index (χ2n) is 2.05. The SMILES string of the molecule is [Cl-].[Cl-].[Cr+2].c1ccncc1.c1ccncc1. The molecule has 80 valence electrons. The summed E-state index contributed by atoms with van der Waals surface area (Å²) in [5.41, 5.74) is 0. The van der Waals surface area contributed by atoms with E-state index in [0.29, 0.717) is 0 Å². The third-order valence-corrected chi connectivity index (χ3v) is 1.13. The van der Waals surface area contributed by atoms with Crippen molar-refractivity contribution in [3.8, 4) is 0 Å². The fourth-order valence-electron chi connectivity index (χ4n) is 0.625. The van der Waals surface area contributed by atoms with E-state index in [9.17, 15) is 0 Å². The largest absolute Gasteiger partial charge is 2.00 e. The molecule has 2 nitrogen and oxygen atoms in total. The average molecular weight is 281 g/mol. The first-order valence-corrected chi connectivity index (χ1v) is 3.70. The molecule has 15 heavy (non-hydrogen) atoms. The van der Waals surface area contributed by atoms with Gasteiger partial charge in [0, 0.05) is 24.8 Å². The van der Waals surface area contributed by atoms with E-state index in [1.54, 1.807) is 24.8 Å². The summed E-state index contributed by atoms with van der Waals surface area (Å²) < 4.78 is 0. The van der Waals surface area contributed by atoms with Crippen molar-refractivity contribution in [2.75, 3.05) is 0 Å². The Balaban J connectivity index is -0.000000160. The van der Waals surface area contributed by atoms with Crippen LogP contribution in [0, 0.1) is 0 Å². The molecule has 0 aromatic carbocycles. The van der Waals surface area contributed by atoms with Gasteiger partial charge in [0.25, 0.3) is 0 Å². The molecule has 0 saturated carbocycles. The summed E-state index contributed by atoms with van der Waals surface area (Å²) in [5, 5.41) is 0. The van der Waals surface area contributed by atoms with Gasteiger partial charge in [0.1, 0.15) is 0 Å². The van der Waals surface area contributed by atoms with Crippen molar-refractivity contribution in [1.29, 1.82) is 0 Å². The number of halogens is 2. The first kappa shape index (κ1) is 19.9. The first-order valence-electron chi connectivity index (χ1n) is 3.70. The van der Waals surface area contributed by atoms with Gasteiger partial charge in [0.2, 0.25) is 0 Å². The Morgan fingerprint density at radius 1 is 0.467 bits per heavy atom. The van der Waals surface area contributed by atoms with Crippen LogP contribution < -0.4 is 24.8 Å². The molecule has 0 amide bonds. The maximum atomic E-state index is 3.78. The molecule has 0 aliphatic carbocycles. The van der Waals surface area contributed by atoms with Crippen LogP contribution in [0.25, 0.3) is 0 Å². The van der Waals surface area contributed by atoms with E-state index < -0.39 is 0 Å². The molecule has 0 aliphatic heterocycles. The zero-order valence-electron chi connectivity index (χ0n) is 7.83. The Kier molecular flexibility index (Phi) is 21.1. The summed E-state index contributed by atoms with van der Waals surface area (Å²) in [4.78, 5) is 7.57. The van der Waals surface area contributed by atoms with Gasteiger partial charge in [-0.1, -0.05) is 12.1 Å². The van der Waals surface area contributed by atoms with E-state index in [1.807, 2.05) is 36.4 Å². The minimum atomic E-state index is 0. The third-order valence-electron chi connectivity index (χ3n) is 1.13. The minimum Gasteiger partial charge on any atom is -1.00 e. The van der Waals surface area contributed by atoms with Crippen LogP contribution in [0.15, 0.2) is 61.2 Å². The summed E-state index contributed by atoms with van der Waals surface area (Å²) in [6, 6.07) is 11.4. The Morgan fingerprint density at radius 2 is 0.733 bits per heavy atom. The Bertz CT molecular complexity index is 197. The smallest absolute Gasteiger partial charge is 1.00 e. The van der Waals surface area contributed by atoms with Gasteiger partial charge >= 0.3 is 17.4 Å². The zero-order chi connectivity index (χ0) is 8.49. The fourth-order valence-corrected chi connectivity index (χ4v) is 0.625. The predicted octanol–water partition coefficient (Wildman–Crippen LogP) is -3.83. The number of aromatic nitrogens is 2. The number of nitrogens with zero attached hydrogens (tertiary/aromatic N) is 2. The van der Waals surface area contributed by atoms with Crippen molar-refractivity contribution in [3.05, 3.63) is 61.2 Å². The molecule has 0 fully saturated rings. The van der Waals surface area contributed by atoms with Gasteiger partial charge in [-0.25, -0.2) is 0 Å². The molecule has 0 radical (unpaired) electrons. The van der Waals surface area contributed by atoms with Crippen LogP contribution in [-0.2, 0) is 17.4 Å². The van der Waals surface area contributed by atoms with E-state index >= 15 is 0 Å². The molecule has 2 aromatic rings. The summed E-state index contributed by atoms with van der Waals surface area (Å²) in [6.45, 7) is 0. The normalized spacial score (nSPS) is 6.40. The molecule has 0 spiro atoms. The molecule has 5 heteroatoms. The minimum absolute atomic E-state index is 0. The molecule has 2 rings (SSSR count). The second-order valence-corrected chi connectivity index (χ2v) is 2.05. The standard InChI is InChI=1S/2C5H5N.2ClH.Cr/c2*1-2-4-6-5-3-1;;;/h2*1-5H;2*1H;/q;;;;+2/p-2. The van der Waals surface area contributed by atoms with Crippen molar-refractivity contribution >= 4 is 0 Å². The first-order chi connectivity index (χ1) is 6.00. The average Bonchev–Trinajstić information content (AvgIpc) is 2.24. The van der Waals surface area contributed by atoms with Gasteiger partial charge in [0.15, 0.2) is 0 Å². The van der Waals surface area contributed by atoms with E-state index in [4.69, 9.17) is 0 Å². The summed E-state index contributed by atoms with van der Waals surface area (Å²) in [6.07, 6.45) is 7.00. The molecular weight excluding hydrogens is 271 g/mol. The van der Waals surface area contributed by atoms with Gasteiger partial charge in [-0.3, -0.25) is 9.97 Å². The van der Waals surface area contributed by atoms with Crippen LogP contribution in [0.5, 0.6) is 0 Å². The van der Waals surface area contributed by atoms with Crippen molar-refractivity contribution < 1.29 is 42.2 Å². The molecule has 0 unspecified atom stereocenters. The molecular formula is C10H10Cl2CrN2. The summed E-state index contributed by atoms with van der Waals surface area (Å²) in [7, 11) is 0. The van der Waals surface area contributed by atoms with Gasteiger partial charge in [-0.2, -0.15) is 0 Å². The van der Waals surface area contributed by atoms with Crippen molar-refractivity contribution in [3.63, 3.8) is 0 Å². The molecule has 2 heterocycles. The fraction of sp³-hybridized carbons (Fsp3) is 0. The van der Waals surface area contributed by atoms with E-state index in [2.05, 4.69) is 9.97 Å². The van der Waals surface area contributed by atoms with Crippen molar-refractivity contribution in [1.82, 2.24) is 9.97 Å². The Labute approximate surface area is 113 Å². The Hall–Kier alpha value is -0.588. The van der Waals surface area contributed by atoms with Crippen LogP contribution in [-0.4, -0.2) is 9.97 Å². The molecule has 0 N–H and O–H groups in total. The number of hydrogen-bond donors (Lipinski definition) is 0. The van der Waals surface area contributed by atoms with Crippen LogP contribution in [0.2, 0.25) is 0 Å². The molecule has 0 atom stereocenters. The van der Waals surface area contributed by atoms with Gasteiger partial charge in [0.05, 0.1) is 0 Å². The summed E-state index contributed by atoms with van der Waals surface area (Å²) in [5.74, 6) is 0. The van der Waals surface area contributed by atoms with E-state index in [0.717, 1.165) is 0 Å². The van der Waals surface area contributed by atoms with Crippen molar-refractivity contribution in [2.24, 2.45) is 0 Å². The van der Waals surface area contributed by atoms with Crippen molar-refractivity contribution in [2.45, 2.75) is 0 Å². The van der Waals surface area contributed by atoms with Crippen LogP contribution in [0.4, 0.5) is 0 Å². The van der Waals surface area contributed by atoms with Crippen LogP contribution in [0.1, 0.15) is 0 Å². The predicted molar refractivity (Wildman–Crippen MR) is 48.5 cm³/mol. The number of hydrogen-bond acceptors (Lipinski definition) is 2. The van der Waals surface area contributed by atoms with E-state index in [-0.39, 0.29) is 42.2 Å². The van der Waals surface area contributed by atoms with Crippen LogP contribution >= 0.6 is 0 Å². The van der Waals surface area contributed by atoms with Gasteiger partial charge < -0.3 is 24.8 Å². The van der Waals surface area contributed by atoms with E-state index in [1.165, 1.54) is 0 Å². The quantitative estimate of drug-likeness (QED) is 0.494. The van der Waals surface area contributed by atoms with Gasteiger partial charge in [-0.05, 0) is 24.3 Å². The summed E-state index contributed by atoms with van der Waals surface area (Å²) >= 11 is 0. The molecule has 2 aromatic heterocycles. The Morgan fingerprint density at radius 3 is 0.800 bits per heavy atom. The number of rotatable bonds is 0. The zero-order valence-corrected chi connectivity index (χ0v) is 10.6. The number of pyridine rings is 2. The molecule has 0 saturated heterocycles. The second kappa shape index (κ2) is 15.9. The monoisotopic (exact) mass is 280 g/mol. The maximum Gasteiger partial charge on any atom is 2.00 e. The third kappa shape index (κ3) is 13.4. The topological polar surface area (TPSA) is 25.8 Å². The maximum absolute atomic E-state index is 3.78. The van der Waals surface area contributed by atoms with Crippen LogP contribution in [0.3, 0.4) is 0 Å².